The summed E-state index contributed by atoms with van der Waals surface area (Å²) in [5, 5.41) is 0. The highest BCUT2D eigenvalue weighted by Gasteiger charge is 2.26. The summed E-state index contributed by atoms with van der Waals surface area (Å²) in [6, 6.07) is 6.43. The van der Waals surface area contributed by atoms with E-state index in [1.807, 2.05) is 0 Å². The Morgan fingerprint density at radius 3 is 3.00 bits per heavy atom. The molecule has 0 saturated carbocycles. The van der Waals surface area contributed by atoms with Gasteiger partial charge < -0.3 is 10.5 Å². The van der Waals surface area contributed by atoms with Crippen molar-refractivity contribution in [1.82, 2.24) is 0 Å². The van der Waals surface area contributed by atoms with Crippen LogP contribution in [0.25, 0.3) is 0 Å². The van der Waals surface area contributed by atoms with Gasteiger partial charge in [-0.3, -0.25) is 0 Å². The van der Waals surface area contributed by atoms with Crippen molar-refractivity contribution in [3.8, 4) is 5.75 Å². The number of methoxy groups -OCH3 is 1. The Morgan fingerprint density at radius 1 is 1.53 bits per heavy atom. The van der Waals surface area contributed by atoms with E-state index in [2.05, 4.69) is 25.1 Å². The van der Waals surface area contributed by atoms with Gasteiger partial charge in [0.2, 0.25) is 0 Å². The van der Waals surface area contributed by atoms with Crippen molar-refractivity contribution in [2.24, 2.45) is 11.7 Å². The molecule has 15 heavy (non-hydrogen) atoms. The van der Waals surface area contributed by atoms with Crippen LogP contribution in [0.3, 0.4) is 0 Å². The molecule has 2 heteroatoms. The van der Waals surface area contributed by atoms with Gasteiger partial charge in [-0.15, -0.1) is 0 Å². The van der Waals surface area contributed by atoms with Crippen LogP contribution in [0.1, 0.15) is 30.4 Å². The van der Waals surface area contributed by atoms with E-state index >= 15 is 0 Å². The Labute approximate surface area is 91.4 Å². The molecule has 82 valence electrons. The van der Waals surface area contributed by atoms with Crippen molar-refractivity contribution < 1.29 is 4.74 Å². The Morgan fingerprint density at radius 2 is 2.33 bits per heavy atom. The molecule has 2 rings (SSSR count). The number of hydrogen-bond acceptors (Lipinski definition) is 2. The minimum Gasteiger partial charge on any atom is -0.497 e. The van der Waals surface area contributed by atoms with E-state index < -0.39 is 0 Å². The van der Waals surface area contributed by atoms with Gasteiger partial charge in [0, 0.05) is 0 Å². The number of hydrogen-bond donors (Lipinski definition) is 1. The quantitative estimate of drug-likeness (QED) is 0.822. The first kappa shape index (κ1) is 10.5. The van der Waals surface area contributed by atoms with Crippen molar-refractivity contribution in [1.29, 1.82) is 0 Å². The fourth-order valence-electron chi connectivity index (χ4n) is 2.51. The van der Waals surface area contributed by atoms with E-state index in [0.717, 1.165) is 12.3 Å². The van der Waals surface area contributed by atoms with Crippen molar-refractivity contribution in [2.45, 2.75) is 25.7 Å². The van der Waals surface area contributed by atoms with E-state index in [-0.39, 0.29) is 0 Å². The van der Waals surface area contributed by atoms with E-state index in [1.54, 1.807) is 7.11 Å². The normalized spacial score (nSPS) is 21.1. The average molecular weight is 205 g/mol. The van der Waals surface area contributed by atoms with Crippen LogP contribution in [0, 0.1) is 5.92 Å². The van der Waals surface area contributed by atoms with Crippen LogP contribution in [0.2, 0.25) is 0 Å². The lowest BCUT2D eigenvalue weighted by Crippen LogP contribution is -2.17. The molecule has 2 unspecified atom stereocenters. The minimum absolute atomic E-state index is 0.583. The van der Waals surface area contributed by atoms with E-state index in [9.17, 15) is 0 Å². The summed E-state index contributed by atoms with van der Waals surface area (Å²) in [5.41, 5.74) is 8.66. The topological polar surface area (TPSA) is 35.2 Å². The smallest absolute Gasteiger partial charge is 0.119 e. The van der Waals surface area contributed by atoms with Gasteiger partial charge in [0.25, 0.3) is 0 Å². The van der Waals surface area contributed by atoms with Gasteiger partial charge in [-0.1, -0.05) is 13.0 Å². The molecule has 1 aliphatic rings. The third-order valence-corrected chi connectivity index (χ3v) is 3.53. The lowest BCUT2D eigenvalue weighted by atomic mass is 9.89. The number of rotatable bonds is 3. The maximum Gasteiger partial charge on any atom is 0.119 e. The molecule has 1 aromatic carbocycles. The molecular formula is C13H19NO. The number of benzene rings is 1. The Hall–Kier alpha value is -1.02. The summed E-state index contributed by atoms with van der Waals surface area (Å²) in [7, 11) is 1.72. The number of fused-ring (bicyclic) bond motifs is 1. The van der Waals surface area contributed by atoms with Gasteiger partial charge in [0.1, 0.15) is 5.75 Å². The van der Waals surface area contributed by atoms with Crippen LogP contribution in [-0.4, -0.2) is 13.7 Å². The van der Waals surface area contributed by atoms with E-state index in [0.29, 0.717) is 11.8 Å². The first-order valence-electron chi connectivity index (χ1n) is 5.63. The second-order valence-electron chi connectivity index (χ2n) is 4.42. The third-order valence-electron chi connectivity index (χ3n) is 3.53. The molecule has 0 radical (unpaired) electrons. The maximum atomic E-state index is 5.74. The first-order valence-corrected chi connectivity index (χ1v) is 5.63. The van der Waals surface area contributed by atoms with Crippen LogP contribution >= 0.6 is 0 Å². The predicted molar refractivity (Wildman–Crippen MR) is 62.3 cm³/mol. The summed E-state index contributed by atoms with van der Waals surface area (Å²) >= 11 is 0. The lowest BCUT2D eigenvalue weighted by molar-refractivity contribution is 0.414. The second-order valence-corrected chi connectivity index (χ2v) is 4.42. The van der Waals surface area contributed by atoms with Gasteiger partial charge in [-0.05, 0) is 54.5 Å². The van der Waals surface area contributed by atoms with Crippen molar-refractivity contribution >= 4 is 0 Å². The molecule has 0 bridgehead atoms. The molecule has 2 nitrogen and oxygen atoms in total. The molecule has 0 spiro atoms. The zero-order valence-electron chi connectivity index (χ0n) is 9.49. The van der Waals surface area contributed by atoms with Crippen LogP contribution in [0.5, 0.6) is 5.75 Å². The van der Waals surface area contributed by atoms with Gasteiger partial charge in [-0.25, -0.2) is 0 Å². The molecule has 0 heterocycles. The molecule has 0 amide bonds. The summed E-state index contributed by atoms with van der Waals surface area (Å²) in [6.07, 6.45) is 2.41. The zero-order chi connectivity index (χ0) is 10.8. The summed E-state index contributed by atoms with van der Waals surface area (Å²) in [6.45, 7) is 3.01. The standard InChI is InChI=1S/C13H19NO/c1-9(8-14)12-5-3-10-7-11(15-2)4-6-13(10)12/h4,6-7,9,12H,3,5,8,14H2,1-2H3. The van der Waals surface area contributed by atoms with Gasteiger partial charge in [-0.2, -0.15) is 0 Å². The fourth-order valence-corrected chi connectivity index (χ4v) is 2.51. The molecule has 0 saturated heterocycles. The Balaban J connectivity index is 2.28. The highest BCUT2D eigenvalue weighted by Crippen LogP contribution is 2.39. The average Bonchev–Trinajstić information content (AvgIpc) is 2.70. The lowest BCUT2D eigenvalue weighted by Gasteiger charge is -2.18. The molecule has 2 atom stereocenters. The first-order chi connectivity index (χ1) is 7.26. The van der Waals surface area contributed by atoms with Crippen LogP contribution < -0.4 is 10.5 Å². The largest absolute Gasteiger partial charge is 0.497 e. The van der Waals surface area contributed by atoms with Gasteiger partial charge in [0.05, 0.1) is 7.11 Å². The molecule has 1 aromatic rings. The van der Waals surface area contributed by atoms with Crippen LogP contribution in [0.4, 0.5) is 0 Å². The maximum absolute atomic E-state index is 5.74. The molecule has 0 fully saturated rings. The van der Waals surface area contributed by atoms with Crippen molar-refractivity contribution in [2.75, 3.05) is 13.7 Å². The third kappa shape index (κ3) is 1.86. The second kappa shape index (κ2) is 4.23. The SMILES string of the molecule is COc1ccc2c(c1)CCC2C(C)CN. The number of nitrogens with two attached hydrogens (primary N) is 1. The molecule has 0 aliphatic heterocycles. The highest BCUT2D eigenvalue weighted by molar-refractivity contribution is 5.41. The molecular weight excluding hydrogens is 186 g/mol. The van der Waals surface area contributed by atoms with E-state index in [1.165, 1.54) is 24.0 Å². The minimum atomic E-state index is 0.583. The Bertz CT molecular complexity index is 348. The van der Waals surface area contributed by atoms with Gasteiger partial charge >= 0.3 is 0 Å². The number of ether oxygens (including phenoxy) is 1. The van der Waals surface area contributed by atoms with Crippen LogP contribution in [-0.2, 0) is 6.42 Å². The molecule has 1 aliphatic carbocycles. The summed E-state index contributed by atoms with van der Waals surface area (Å²) in [5.74, 6) is 2.20. The monoisotopic (exact) mass is 205 g/mol. The highest BCUT2D eigenvalue weighted by atomic mass is 16.5. The Kier molecular flexibility index (Phi) is 2.96. The zero-order valence-corrected chi connectivity index (χ0v) is 9.49. The van der Waals surface area contributed by atoms with Crippen molar-refractivity contribution in [3.05, 3.63) is 29.3 Å². The van der Waals surface area contributed by atoms with Crippen LogP contribution in [0.15, 0.2) is 18.2 Å². The number of aryl methyl sites for hydroxylation is 1. The van der Waals surface area contributed by atoms with E-state index in [4.69, 9.17) is 10.5 Å². The molecule has 0 aromatic heterocycles. The molecule has 2 N–H and O–H groups in total. The van der Waals surface area contributed by atoms with Crippen molar-refractivity contribution in [3.63, 3.8) is 0 Å². The van der Waals surface area contributed by atoms with Gasteiger partial charge in [0.15, 0.2) is 0 Å². The predicted octanol–water partition coefficient (Wildman–Crippen LogP) is 2.32. The summed E-state index contributed by atoms with van der Waals surface area (Å²) < 4.78 is 5.24. The summed E-state index contributed by atoms with van der Waals surface area (Å²) in [4.78, 5) is 0. The fraction of sp³-hybridized carbons (Fsp3) is 0.538.